The zero-order valence-corrected chi connectivity index (χ0v) is 12.0. The van der Waals surface area contributed by atoms with Gasteiger partial charge in [0.05, 0.1) is 13.2 Å². The summed E-state index contributed by atoms with van der Waals surface area (Å²) in [5, 5.41) is 76.7. The predicted octanol–water partition coefficient (Wildman–Crippen LogP) is -5.40. The van der Waals surface area contributed by atoms with E-state index in [1.54, 1.807) is 0 Å². The van der Waals surface area contributed by atoms with Crippen molar-refractivity contribution in [3.63, 3.8) is 0 Å². The smallest absolute Gasteiger partial charge is 0.187 e. The second-order valence-corrected chi connectivity index (χ2v) is 5.53. The van der Waals surface area contributed by atoms with Crippen molar-refractivity contribution in [3.8, 4) is 0 Å². The van der Waals surface area contributed by atoms with Gasteiger partial charge >= 0.3 is 0 Å². The second-order valence-electron chi connectivity index (χ2n) is 5.53. The lowest BCUT2D eigenvalue weighted by atomic mass is 9.97. The van der Waals surface area contributed by atoms with E-state index in [0.29, 0.717) is 0 Å². The van der Waals surface area contributed by atoms with Gasteiger partial charge in [0.2, 0.25) is 0 Å². The quantitative estimate of drug-likeness (QED) is 0.243. The van der Waals surface area contributed by atoms with Crippen molar-refractivity contribution in [2.45, 2.75) is 61.4 Å². The Labute approximate surface area is 130 Å². The third-order valence-electron chi connectivity index (χ3n) is 3.98. The van der Waals surface area contributed by atoms with Crippen LogP contribution < -0.4 is 0 Å². The van der Waals surface area contributed by atoms with E-state index in [-0.39, 0.29) is 0 Å². The first-order chi connectivity index (χ1) is 10.8. The van der Waals surface area contributed by atoms with Crippen LogP contribution in [0.3, 0.4) is 0 Å². The van der Waals surface area contributed by atoms with Gasteiger partial charge in [0.15, 0.2) is 12.6 Å². The van der Waals surface area contributed by atoms with E-state index in [1.165, 1.54) is 0 Å². The molecule has 23 heavy (non-hydrogen) atoms. The van der Waals surface area contributed by atoms with E-state index < -0.39 is 74.6 Å². The first kappa shape index (κ1) is 18.9. The van der Waals surface area contributed by atoms with Gasteiger partial charge in [-0.15, -0.1) is 0 Å². The molecule has 0 amide bonds. The molecule has 0 aliphatic carbocycles. The van der Waals surface area contributed by atoms with Gasteiger partial charge in [-0.2, -0.15) is 0 Å². The van der Waals surface area contributed by atoms with Gasteiger partial charge < -0.3 is 55.1 Å². The Morgan fingerprint density at radius 2 is 1.17 bits per heavy atom. The van der Waals surface area contributed by atoms with Gasteiger partial charge in [-0.3, -0.25) is 0 Å². The fraction of sp³-hybridized carbons (Fsp3) is 1.00. The number of aliphatic hydroxyl groups excluding tert-OH is 8. The first-order valence-electron chi connectivity index (χ1n) is 7.08. The molecule has 11 nitrogen and oxygen atoms in total. The molecule has 2 heterocycles. The van der Waals surface area contributed by atoms with Crippen molar-refractivity contribution in [2.24, 2.45) is 0 Å². The fourth-order valence-electron chi connectivity index (χ4n) is 2.55. The maximum Gasteiger partial charge on any atom is 0.187 e. The summed E-state index contributed by atoms with van der Waals surface area (Å²) in [6, 6.07) is 0. The third kappa shape index (κ3) is 3.65. The Hall–Kier alpha value is -0.440. The molecular formula is C12H22O11. The van der Waals surface area contributed by atoms with Crippen LogP contribution in [0, 0.1) is 0 Å². The standard InChI is InChI=1S/C12H22O11/c13-1-3-6(16)8(18)10(11(20)21-3)23-12-9(19)7(17)5(15)4(2-14)22-12/h3-20H,1-2H2/t3-,4-,5+,6-,7+,8+,9+,10+,11+,12-/m1/s1. The molecule has 10 atom stereocenters. The zero-order chi connectivity index (χ0) is 17.3. The third-order valence-corrected chi connectivity index (χ3v) is 3.98. The molecule has 2 saturated heterocycles. The molecule has 136 valence electrons. The first-order valence-corrected chi connectivity index (χ1v) is 7.08. The van der Waals surface area contributed by atoms with Gasteiger partial charge in [-0.25, -0.2) is 0 Å². The highest BCUT2D eigenvalue weighted by Gasteiger charge is 2.50. The molecule has 11 heteroatoms. The molecule has 0 unspecified atom stereocenters. The van der Waals surface area contributed by atoms with Crippen LogP contribution in [0.1, 0.15) is 0 Å². The molecule has 2 fully saturated rings. The lowest BCUT2D eigenvalue weighted by molar-refractivity contribution is -0.361. The van der Waals surface area contributed by atoms with E-state index in [9.17, 15) is 30.6 Å². The molecule has 0 aromatic carbocycles. The minimum absolute atomic E-state index is 0.651. The minimum atomic E-state index is -1.75. The normalized spacial score (nSPS) is 51.7. The fourth-order valence-corrected chi connectivity index (χ4v) is 2.55. The van der Waals surface area contributed by atoms with E-state index in [4.69, 9.17) is 24.4 Å². The summed E-state index contributed by atoms with van der Waals surface area (Å²) in [5.74, 6) is 0. The Bertz CT molecular complexity index is 380. The minimum Gasteiger partial charge on any atom is -0.394 e. The number of aliphatic hydroxyl groups is 8. The topological polar surface area (TPSA) is 190 Å². The lowest BCUT2D eigenvalue weighted by Crippen LogP contribution is -2.64. The number of hydrogen-bond acceptors (Lipinski definition) is 11. The summed E-state index contributed by atoms with van der Waals surface area (Å²) in [6.45, 7) is -1.33. The number of hydrogen-bond donors (Lipinski definition) is 8. The SMILES string of the molecule is OC[C@H]1O[C@H](O[C@H]2[C@@H](O)[C@H](O)[C@@H](CO)O[C@@H]2O)[C@@H](O)[C@@H](O)[C@H]1O. The van der Waals surface area contributed by atoms with E-state index in [2.05, 4.69) is 0 Å². The van der Waals surface area contributed by atoms with Crippen LogP contribution in [0.2, 0.25) is 0 Å². The molecule has 0 radical (unpaired) electrons. The van der Waals surface area contributed by atoms with Crippen LogP contribution in [0.5, 0.6) is 0 Å². The highest BCUT2D eigenvalue weighted by Crippen LogP contribution is 2.28. The van der Waals surface area contributed by atoms with Gasteiger partial charge in [0, 0.05) is 0 Å². The van der Waals surface area contributed by atoms with Crippen LogP contribution in [-0.4, -0.2) is 115 Å². The molecule has 0 aromatic heterocycles. The van der Waals surface area contributed by atoms with Crippen molar-refractivity contribution in [2.75, 3.05) is 13.2 Å². The lowest BCUT2D eigenvalue weighted by Gasteiger charge is -2.44. The van der Waals surface area contributed by atoms with Crippen molar-refractivity contribution in [1.29, 1.82) is 0 Å². The molecule has 0 aromatic rings. The summed E-state index contributed by atoms with van der Waals surface area (Å²) in [7, 11) is 0. The Balaban J connectivity index is 2.08. The highest BCUT2D eigenvalue weighted by molar-refractivity contribution is 4.93. The molecular weight excluding hydrogens is 320 g/mol. The molecule has 2 aliphatic rings. The van der Waals surface area contributed by atoms with Crippen molar-refractivity contribution in [1.82, 2.24) is 0 Å². The zero-order valence-electron chi connectivity index (χ0n) is 12.0. The summed E-state index contributed by atoms with van der Waals surface area (Å²) >= 11 is 0. The van der Waals surface area contributed by atoms with Gasteiger partial charge in [-0.1, -0.05) is 0 Å². The van der Waals surface area contributed by atoms with Crippen LogP contribution in [0.25, 0.3) is 0 Å². The Kier molecular flexibility index (Phi) is 6.27. The van der Waals surface area contributed by atoms with Crippen molar-refractivity contribution >= 4 is 0 Å². The maximum atomic E-state index is 9.94. The molecule has 8 N–H and O–H groups in total. The highest BCUT2D eigenvalue weighted by atomic mass is 16.7. The summed E-state index contributed by atoms with van der Waals surface area (Å²) < 4.78 is 15.1. The summed E-state index contributed by atoms with van der Waals surface area (Å²) in [5.41, 5.74) is 0. The molecule has 0 spiro atoms. The largest absolute Gasteiger partial charge is 0.394 e. The van der Waals surface area contributed by atoms with E-state index in [0.717, 1.165) is 0 Å². The average molecular weight is 342 g/mol. The van der Waals surface area contributed by atoms with Gasteiger partial charge in [0.25, 0.3) is 0 Å². The molecule has 0 saturated carbocycles. The Morgan fingerprint density at radius 1 is 0.652 bits per heavy atom. The molecule has 2 aliphatic heterocycles. The average Bonchev–Trinajstić information content (AvgIpc) is 2.54. The molecule has 2 rings (SSSR count). The van der Waals surface area contributed by atoms with E-state index in [1.807, 2.05) is 0 Å². The van der Waals surface area contributed by atoms with E-state index >= 15 is 0 Å². The maximum absolute atomic E-state index is 9.94. The predicted molar refractivity (Wildman–Crippen MR) is 68.6 cm³/mol. The summed E-state index contributed by atoms with van der Waals surface area (Å²) in [6.07, 6.45) is -15.6. The van der Waals surface area contributed by atoms with Crippen LogP contribution in [0.4, 0.5) is 0 Å². The van der Waals surface area contributed by atoms with Gasteiger partial charge in [0.1, 0.15) is 48.8 Å². The Morgan fingerprint density at radius 3 is 1.74 bits per heavy atom. The van der Waals surface area contributed by atoms with Gasteiger partial charge in [-0.05, 0) is 0 Å². The van der Waals surface area contributed by atoms with Crippen LogP contribution in [-0.2, 0) is 14.2 Å². The van der Waals surface area contributed by atoms with Crippen LogP contribution in [0.15, 0.2) is 0 Å². The number of rotatable bonds is 4. The second kappa shape index (κ2) is 7.63. The van der Waals surface area contributed by atoms with Crippen molar-refractivity contribution in [3.05, 3.63) is 0 Å². The van der Waals surface area contributed by atoms with Crippen molar-refractivity contribution < 1.29 is 55.1 Å². The van der Waals surface area contributed by atoms with Crippen LogP contribution >= 0.6 is 0 Å². The monoisotopic (exact) mass is 342 g/mol. The number of ether oxygens (including phenoxy) is 3. The summed E-state index contributed by atoms with van der Waals surface area (Å²) in [4.78, 5) is 0. The molecule has 0 bridgehead atoms.